The number of ether oxygens (including phenoxy) is 1. The van der Waals surface area contributed by atoms with Crippen molar-refractivity contribution in [2.45, 2.75) is 49.5 Å². The monoisotopic (exact) mass is 305 g/mol. The van der Waals surface area contributed by atoms with E-state index in [1.807, 2.05) is 37.4 Å². The minimum Gasteiger partial charge on any atom is -0.462 e. The maximum absolute atomic E-state index is 12.4. The Kier molecular flexibility index (Phi) is 4.47. The average molecular weight is 305 g/mol. The van der Waals surface area contributed by atoms with E-state index in [1.165, 1.54) is 0 Å². The second-order valence-corrected chi connectivity index (χ2v) is 6.37. The highest BCUT2D eigenvalue weighted by molar-refractivity contribution is 5.78. The Morgan fingerprint density at radius 2 is 2.05 bits per heavy atom. The van der Waals surface area contributed by atoms with Gasteiger partial charge in [0.1, 0.15) is 12.0 Å². The maximum atomic E-state index is 12.4. The number of aliphatic hydroxyl groups is 2. The Balaban J connectivity index is 1.65. The van der Waals surface area contributed by atoms with E-state index in [1.54, 1.807) is 0 Å². The molecule has 2 N–H and O–H groups in total. The molecule has 5 nitrogen and oxygen atoms in total. The van der Waals surface area contributed by atoms with Crippen LogP contribution in [0.15, 0.2) is 30.3 Å². The number of hydrogen-bond acceptors (Lipinski definition) is 5. The van der Waals surface area contributed by atoms with Crippen molar-refractivity contribution < 1.29 is 19.7 Å². The minimum atomic E-state index is -0.636. The van der Waals surface area contributed by atoms with Gasteiger partial charge in [0.2, 0.25) is 0 Å². The van der Waals surface area contributed by atoms with Gasteiger partial charge in [-0.2, -0.15) is 0 Å². The Bertz CT molecular complexity index is 521. The van der Waals surface area contributed by atoms with Gasteiger partial charge in [0.05, 0.1) is 12.7 Å². The van der Waals surface area contributed by atoms with Crippen molar-refractivity contribution >= 4 is 5.97 Å². The van der Waals surface area contributed by atoms with Gasteiger partial charge in [-0.1, -0.05) is 30.3 Å². The molecule has 0 radical (unpaired) electrons. The predicted molar refractivity (Wildman–Crippen MR) is 81.3 cm³/mol. The van der Waals surface area contributed by atoms with Gasteiger partial charge in [-0.05, 0) is 19.0 Å². The fourth-order valence-corrected chi connectivity index (χ4v) is 3.74. The average Bonchev–Trinajstić information content (AvgIpc) is 2.68. The molecular formula is C17H23NO4. The second-order valence-electron chi connectivity index (χ2n) is 6.37. The molecule has 22 heavy (non-hydrogen) atoms. The highest BCUT2D eigenvalue weighted by Gasteiger charge is 2.45. The lowest BCUT2D eigenvalue weighted by atomic mass is 9.98. The van der Waals surface area contributed by atoms with Crippen LogP contribution in [0.3, 0.4) is 0 Å². The summed E-state index contributed by atoms with van der Waals surface area (Å²) in [6, 6.07) is 9.56. The molecule has 2 aliphatic rings. The summed E-state index contributed by atoms with van der Waals surface area (Å²) in [6.07, 6.45) is 1.66. The van der Waals surface area contributed by atoms with E-state index in [0.717, 1.165) is 18.4 Å². The molecule has 3 rings (SSSR count). The summed E-state index contributed by atoms with van der Waals surface area (Å²) in [7, 11) is 2.02. The number of aliphatic hydroxyl groups excluding tert-OH is 2. The van der Waals surface area contributed by atoms with Crippen LogP contribution in [0.1, 0.15) is 30.7 Å². The van der Waals surface area contributed by atoms with E-state index in [0.29, 0.717) is 6.42 Å². The number of hydrogen-bond donors (Lipinski definition) is 2. The van der Waals surface area contributed by atoms with Crippen LogP contribution >= 0.6 is 0 Å². The summed E-state index contributed by atoms with van der Waals surface area (Å²) in [4.78, 5) is 14.6. The van der Waals surface area contributed by atoms with Crippen molar-refractivity contribution in [3.05, 3.63) is 35.9 Å². The van der Waals surface area contributed by atoms with Crippen molar-refractivity contribution in [3.8, 4) is 0 Å². The van der Waals surface area contributed by atoms with Gasteiger partial charge in [-0.15, -0.1) is 0 Å². The third-order valence-electron chi connectivity index (χ3n) is 5.05. The normalized spacial score (nSPS) is 32.7. The number of fused-ring (bicyclic) bond motifs is 2. The van der Waals surface area contributed by atoms with Crippen molar-refractivity contribution in [3.63, 3.8) is 0 Å². The fraction of sp³-hybridized carbons (Fsp3) is 0.588. The number of piperidine rings is 1. The lowest BCUT2D eigenvalue weighted by Gasteiger charge is -2.36. The zero-order chi connectivity index (χ0) is 15.7. The first-order chi connectivity index (χ1) is 10.6. The lowest BCUT2D eigenvalue weighted by Crippen LogP contribution is -2.45. The van der Waals surface area contributed by atoms with Crippen LogP contribution in [0.5, 0.6) is 0 Å². The van der Waals surface area contributed by atoms with Crippen LogP contribution in [0.2, 0.25) is 0 Å². The molecule has 0 spiro atoms. The van der Waals surface area contributed by atoms with Crippen molar-refractivity contribution in [1.82, 2.24) is 4.90 Å². The highest BCUT2D eigenvalue weighted by atomic mass is 16.5. The summed E-state index contributed by atoms with van der Waals surface area (Å²) in [5.74, 6) is -1.01. The summed E-state index contributed by atoms with van der Waals surface area (Å²) in [5, 5.41) is 19.6. The second kappa shape index (κ2) is 6.36. The van der Waals surface area contributed by atoms with Crippen molar-refractivity contribution in [2.24, 2.45) is 0 Å². The summed E-state index contributed by atoms with van der Waals surface area (Å²) < 4.78 is 5.64. The standard InChI is InChI=1S/C17H23NO4/c1-18-12-7-13(9-15(18)16(20)8-12)22-17(21)14(10-19)11-5-3-2-4-6-11/h2-6,12-16,19-20H,7-10H2,1H3/t12-,13-,14?,15-,16?/m1/s1. The molecule has 0 amide bonds. The van der Waals surface area contributed by atoms with Crippen LogP contribution in [0.4, 0.5) is 0 Å². The Hall–Kier alpha value is -1.43. The van der Waals surface area contributed by atoms with Gasteiger partial charge in [0.15, 0.2) is 0 Å². The molecule has 2 bridgehead atoms. The van der Waals surface area contributed by atoms with Gasteiger partial charge in [0.25, 0.3) is 0 Å². The van der Waals surface area contributed by atoms with Gasteiger partial charge < -0.3 is 14.9 Å². The summed E-state index contributed by atoms with van der Waals surface area (Å²) >= 11 is 0. The molecule has 2 unspecified atom stereocenters. The van der Waals surface area contributed by atoms with Crippen molar-refractivity contribution in [1.29, 1.82) is 0 Å². The Morgan fingerprint density at radius 3 is 2.68 bits per heavy atom. The molecule has 2 aliphatic heterocycles. The van der Waals surface area contributed by atoms with Crippen LogP contribution in [-0.4, -0.2) is 59.0 Å². The summed E-state index contributed by atoms with van der Waals surface area (Å²) in [5.41, 5.74) is 0.769. The molecule has 0 aromatic heterocycles. The van der Waals surface area contributed by atoms with Gasteiger partial charge in [0, 0.05) is 24.9 Å². The summed E-state index contributed by atoms with van der Waals surface area (Å²) in [6.45, 7) is -0.259. The first kappa shape index (κ1) is 15.5. The smallest absolute Gasteiger partial charge is 0.316 e. The van der Waals surface area contributed by atoms with Crippen LogP contribution < -0.4 is 0 Å². The molecule has 2 saturated heterocycles. The van der Waals surface area contributed by atoms with E-state index in [-0.39, 0.29) is 36.9 Å². The van der Waals surface area contributed by atoms with E-state index in [4.69, 9.17) is 4.74 Å². The lowest BCUT2D eigenvalue weighted by molar-refractivity contribution is -0.155. The number of benzene rings is 1. The van der Waals surface area contributed by atoms with E-state index >= 15 is 0 Å². The molecule has 5 heteroatoms. The molecule has 1 aromatic rings. The number of esters is 1. The van der Waals surface area contributed by atoms with E-state index in [9.17, 15) is 15.0 Å². The fourth-order valence-electron chi connectivity index (χ4n) is 3.74. The van der Waals surface area contributed by atoms with Crippen LogP contribution in [0.25, 0.3) is 0 Å². The number of likely N-dealkylation sites (N-methyl/N-ethyl adjacent to an activating group) is 1. The quantitative estimate of drug-likeness (QED) is 0.809. The molecule has 120 valence electrons. The van der Waals surface area contributed by atoms with E-state index < -0.39 is 5.92 Å². The van der Waals surface area contributed by atoms with Gasteiger partial charge in [-0.3, -0.25) is 9.69 Å². The number of nitrogens with zero attached hydrogens (tertiary/aromatic N) is 1. The molecule has 1 aromatic carbocycles. The van der Waals surface area contributed by atoms with Crippen LogP contribution in [0, 0.1) is 0 Å². The SMILES string of the molecule is CN1[C@H]2CC(O)[C@H]1C[C@H](OC(=O)C(CO)c1ccccc1)C2. The predicted octanol–water partition coefficient (Wildman–Crippen LogP) is 0.902. The maximum Gasteiger partial charge on any atom is 0.316 e. The third kappa shape index (κ3) is 2.89. The molecule has 2 fully saturated rings. The molecule has 0 saturated carbocycles. The zero-order valence-corrected chi connectivity index (χ0v) is 12.8. The first-order valence-corrected chi connectivity index (χ1v) is 7.86. The highest BCUT2D eigenvalue weighted by Crippen LogP contribution is 2.36. The zero-order valence-electron chi connectivity index (χ0n) is 12.8. The number of carbonyl (C=O) groups excluding carboxylic acids is 1. The van der Waals surface area contributed by atoms with E-state index in [2.05, 4.69) is 4.90 Å². The third-order valence-corrected chi connectivity index (χ3v) is 5.05. The van der Waals surface area contributed by atoms with Crippen molar-refractivity contribution in [2.75, 3.05) is 13.7 Å². The first-order valence-electron chi connectivity index (χ1n) is 7.86. The van der Waals surface area contributed by atoms with Crippen LogP contribution in [-0.2, 0) is 9.53 Å². The molecule has 5 atom stereocenters. The Morgan fingerprint density at radius 1 is 1.32 bits per heavy atom. The topological polar surface area (TPSA) is 70.0 Å². The van der Waals surface area contributed by atoms with Gasteiger partial charge >= 0.3 is 5.97 Å². The molecule has 0 aliphatic carbocycles. The molecular weight excluding hydrogens is 282 g/mol. The number of carbonyl (C=O) groups is 1. The largest absolute Gasteiger partial charge is 0.462 e. The molecule has 2 heterocycles. The minimum absolute atomic E-state index is 0.0702. The van der Waals surface area contributed by atoms with Gasteiger partial charge in [-0.25, -0.2) is 0 Å². The Labute approximate surface area is 130 Å². The number of rotatable bonds is 4.